The van der Waals surface area contributed by atoms with Gasteiger partial charge >= 0.3 is 5.76 Å². The second-order valence-electron chi connectivity index (χ2n) is 7.28. The molecular weight excluding hydrogens is 446 g/mol. The van der Waals surface area contributed by atoms with Crippen molar-refractivity contribution in [2.45, 2.75) is 6.10 Å². The number of halogens is 3. The SMILES string of the molecule is O=C(NC[C@@H]1CNCCO[C@H]1c1ccc(Cl)c(F)c1)c1ccc(F)c(-c2noc(=O)[nH]2)c1. The molecule has 1 fully saturated rings. The van der Waals surface area contributed by atoms with Crippen LogP contribution in [0.25, 0.3) is 11.4 Å². The Morgan fingerprint density at radius 3 is 2.81 bits per heavy atom. The third-order valence-corrected chi connectivity index (χ3v) is 5.44. The minimum atomic E-state index is -0.834. The molecule has 11 heteroatoms. The summed E-state index contributed by atoms with van der Waals surface area (Å²) < 4.78 is 38.4. The fourth-order valence-electron chi connectivity index (χ4n) is 3.55. The molecule has 8 nitrogen and oxygen atoms in total. The van der Waals surface area contributed by atoms with Gasteiger partial charge in [0.1, 0.15) is 11.6 Å². The summed E-state index contributed by atoms with van der Waals surface area (Å²) in [6, 6.07) is 8.19. The third-order valence-electron chi connectivity index (χ3n) is 5.13. The van der Waals surface area contributed by atoms with Crippen LogP contribution in [-0.4, -0.2) is 42.3 Å². The van der Waals surface area contributed by atoms with Crippen molar-refractivity contribution in [2.24, 2.45) is 5.92 Å². The molecule has 0 spiro atoms. The lowest BCUT2D eigenvalue weighted by atomic mass is 9.95. The van der Waals surface area contributed by atoms with Crippen molar-refractivity contribution in [3.63, 3.8) is 0 Å². The lowest BCUT2D eigenvalue weighted by molar-refractivity contribution is 0.0304. The van der Waals surface area contributed by atoms with Crippen LogP contribution < -0.4 is 16.4 Å². The topological polar surface area (TPSA) is 109 Å². The number of carbonyl (C=O) groups excluding carboxylic acids is 1. The van der Waals surface area contributed by atoms with E-state index in [1.165, 1.54) is 24.3 Å². The molecule has 3 aromatic rings. The van der Waals surface area contributed by atoms with Gasteiger partial charge in [-0.05, 0) is 35.9 Å². The molecule has 0 unspecified atom stereocenters. The highest BCUT2D eigenvalue weighted by Gasteiger charge is 2.27. The summed E-state index contributed by atoms with van der Waals surface area (Å²) in [6.45, 7) is 1.79. The lowest BCUT2D eigenvalue weighted by Gasteiger charge is -2.25. The molecule has 1 saturated heterocycles. The molecule has 0 aliphatic carbocycles. The number of aromatic amines is 1. The number of carbonyl (C=O) groups is 1. The van der Waals surface area contributed by atoms with E-state index in [1.54, 1.807) is 6.07 Å². The average molecular weight is 465 g/mol. The highest BCUT2D eigenvalue weighted by molar-refractivity contribution is 6.30. The molecular formula is C21H19ClF2N4O4. The summed E-state index contributed by atoms with van der Waals surface area (Å²) in [6.07, 6.45) is -0.457. The van der Waals surface area contributed by atoms with Crippen molar-refractivity contribution >= 4 is 17.5 Å². The molecule has 2 aromatic carbocycles. The van der Waals surface area contributed by atoms with Crippen molar-refractivity contribution in [1.29, 1.82) is 0 Å². The largest absolute Gasteiger partial charge is 0.439 e. The number of benzene rings is 2. The highest BCUT2D eigenvalue weighted by atomic mass is 35.5. The van der Waals surface area contributed by atoms with Crippen LogP contribution in [0, 0.1) is 17.6 Å². The quantitative estimate of drug-likeness (QED) is 0.535. The van der Waals surface area contributed by atoms with Gasteiger partial charge in [0.15, 0.2) is 5.82 Å². The number of hydrogen-bond donors (Lipinski definition) is 3. The normalized spacial score (nSPS) is 18.8. The number of nitrogens with one attached hydrogen (secondary N) is 3. The van der Waals surface area contributed by atoms with E-state index >= 15 is 0 Å². The summed E-state index contributed by atoms with van der Waals surface area (Å²) in [5, 5.41) is 9.51. The Hall–Kier alpha value is -3.08. The second kappa shape index (κ2) is 9.60. The first-order valence-corrected chi connectivity index (χ1v) is 10.2. The number of amides is 1. The predicted octanol–water partition coefficient (Wildman–Crippen LogP) is 2.67. The van der Waals surface area contributed by atoms with Crippen molar-refractivity contribution in [3.05, 3.63) is 74.7 Å². The molecule has 168 valence electrons. The molecule has 1 amide bonds. The molecule has 4 rings (SSSR count). The molecule has 1 aliphatic rings. The van der Waals surface area contributed by atoms with Gasteiger partial charge in [0.2, 0.25) is 0 Å². The van der Waals surface area contributed by atoms with Crippen LogP contribution in [0.1, 0.15) is 22.0 Å². The maximum absolute atomic E-state index is 14.1. The van der Waals surface area contributed by atoms with Gasteiger partial charge in [-0.15, -0.1) is 0 Å². The Bertz CT molecular complexity index is 1180. The first-order valence-electron chi connectivity index (χ1n) is 9.84. The van der Waals surface area contributed by atoms with Gasteiger partial charge in [0.25, 0.3) is 5.91 Å². The summed E-state index contributed by atoms with van der Waals surface area (Å²) in [7, 11) is 0. The van der Waals surface area contributed by atoms with E-state index < -0.39 is 29.4 Å². The molecule has 32 heavy (non-hydrogen) atoms. The van der Waals surface area contributed by atoms with E-state index in [0.717, 1.165) is 6.07 Å². The van der Waals surface area contributed by atoms with E-state index in [9.17, 15) is 18.4 Å². The minimum Gasteiger partial charge on any atom is -0.372 e. The van der Waals surface area contributed by atoms with Crippen molar-refractivity contribution < 1.29 is 22.8 Å². The van der Waals surface area contributed by atoms with Crippen molar-refractivity contribution in [3.8, 4) is 11.4 Å². The zero-order valence-electron chi connectivity index (χ0n) is 16.7. The lowest BCUT2D eigenvalue weighted by Crippen LogP contribution is -2.36. The van der Waals surface area contributed by atoms with Crippen LogP contribution in [0.4, 0.5) is 8.78 Å². The molecule has 2 atom stereocenters. The monoisotopic (exact) mass is 464 g/mol. The number of nitrogens with zero attached hydrogens (tertiary/aromatic N) is 1. The van der Waals surface area contributed by atoms with Crippen LogP contribution in [0.5, 0.6) is 0 Å². The maximum Gasteiger partial charge on any atom is 0.439 e. The zero-order chi connectivity index (χ0) is 22.7. The van der Waals surface area contributed by atoms with Crippen molar-refractivity contribution in [2.75, 3.05) is 26.2 Å². The molecule has 3 N–H and O–H groups in total. The number of H-pyrrole nitrogens is 1. The van der Waals surface area contributed by atoms with E-state index in [4.69, 9.17) is 16.3 Å². The number of rotatable bonds is 5. The van der Waals surface area contributed by atoms with E-state index in [1.807, 2.05) is 0 Å². The van der Waals surface area contributed by atoms with Gasteiger partial charge in [0.05, 0.1) is 23.3 Å². The summed E-state index contributed by atoms with van der Waals surface area (Å²) in [5.74, 6) is -2.82. The van der Waals surface area contributed by atoms with Gasteiger partial charge in [-0.3, -0.25) is 14.3 Å². The Kier molecular flexibility index (Phi) is 6.63. The number of aromatic nitrogens is 2. The standard InChI is InChI=1S/C21H19ClF2N4O4/c22-15-3-1-11(8-17(15)24)18-13(9-25-5-6-31-18)10-26-20(29)12-2-4-16(23)14(7-12)19-27-21(30)32-28-19/h1-4,7-8,13,18,25H,5-6,9-10H2,(H,26,29)(H,27,28,30)/t13-,18-/m0/s1. The maximum atomic E-state index is 14.1. The van der Waals surface area contributed by atoms with Crippen LogP contribution in [0.2, 0.25) is 5.02 Å². The molecule has 1 aliphatic heterocycles. The predicted molar refractivity (Wildman–Crippen MR) is 111 cm³/mol. The van der Waals surface area contributed by atoms with Gasteiger partial charge in [0, 0.05) is 31.1 Å². The zero-order valence-corrected chi connectivity index (χ0v) is 17.4. The van der Waals surface area contributed by atoms with Crippen LogP contribution in [-0.2, 0) is 4.74 Å². The summed E-state index contributed by atoms with van der Waals surface area (Å²) >= 11 is 5.79. The van der Waals surface area contributed by atoms with Gasteiger partial charge < -0.3 is 15.4 Å². The first kappa shape index (κ1) is 22.1. The Morgan fingerprint density at radius 1 is 1.22 bits per heavy atom. The second-order valence-corrected chi connectivity index (χ2v) is 7.68. The Labute approximate surface area is 185 Å². The molecule has 0 bridgehead atoms. The van der Waals surface area contributed by atoms with Gasteiger partial charge in [-0.1, -0.05) is 22.8 Å². The summed E-state index contributed by atoms with van der Waals surface area (Å²) in [4.78, 5) is 26.1. The molecule has 0 radical (unpaired) electrons. The van der Waals surface area contributed by atoms with Crippen LogP contribution in [0.3, 0.4) is 0 Å². The van der Waals surface area contributed by atoms with Gasteiger partial charge in [-0.25, -0.2) is 13.6 Å². The van der Waals surface area contributed by atoms with Crippen LogP contribution in [0.15, 0.2) is 45.7 Å². The van der Waals surface area contributed by atoms with E-state index in [-0.39, 0.29) is 34.4 Å². The highest BCUT2D eigenvalue weighted by Crippen LogP contribution is 2.29. The summed E-state index contributed by atoms with van der Waals surface area (Å²) in [5.41, 5.74) is 0.716. The first-order chi connectivity index (χ1) is 15.4. The van der Waals surface area contributed by atoms with E-state index in [0.29, 0.717) is 25.3 Å². The molecule has 2 heterocycles. The minimum absolute atomic E-state index is 0.0194. The molecule has 1 aromatic heterocycles. The van der Waals surface area contributed by atoms with Crippen LogP contribution >= 0.6 is 11.6 Å². The number of hydrogen-bond acceptors (Lipinski definition) is 6. The van der Waals surface area contributed by atoms with Gasteiger partial charge in [-0.2, -0.15) is 0 Å². The van der Waals surface area contributed by atoms with E-state index in [2.05, 4.69) is 25.3 Å². The molecule has 0 saturated carbocycles. The third kappa shape index (κ3) is 4.87. The van der Waals surface area contributed by atoms with Crippen molar-refractivity contribution in [1.82, 2.24) is 20.8 Å². The average Bonchev–Trinajstić information content (AvgIpc) is 3.07. The fraction of sp³-hybridized carbons (Fsp3) is 0.286. The smallest absolute Gasteiger partial charge is 0.372 e. The Morgan fingerprint density at radius 2 is 2.06 bits per heavy atom. The number of ether oxygens (including phenoxy) is 1. The fourth-order valence-corrected chi connectivity index (χ4v) is 3.66. The Balaban J connectivity index is 1.50.